The van der Waals surface area contributed by atoms with Gasteiger partial charge in [0.1, 0.15) is 0 Å². The fraction of sp³-hybridized carbons (Fsp3) is 0.889. The minimum Gasteiger partial charge on any atom is -0.480 e. The molecule has 9 heteroatoms. The van der Waals surface area contributed by atoms with Crippen LogP contribution in [0.4, 0.5) is 13.2 Å². The van der Waals surface area contributed by atoms with Crippen LogP contribution < -0.4 is 0 Å². The lowest BCUT2D eigenvalue weighted by Gasteiger charge is -2.26. The Morgan fingerprint density at radius 1 is 1.39 bits per heavy atom. The SMILES string of the molecule is O=C(O)CN(CCC(F)(F)F)C1CCS(=O)(=O)C1. The van der Waals surface area contributed by atoms with Gasteiger partial charge in [0.2, 0.25) is 0 Å². The summed E-state index contributed by atoms with van der Waals surface area (Å²) < 4.78 is 58.8. The Kier molecular flexibility index (Phi) is 4.60. The quantitative estimate of drug-likeness (QED) is 0.798. The lowest BCUT2D eigenvalue weighted by molar-refractivity contribution is -0.146. The number of rotatable bonds is 5. The van der Waals surface area contributed by atoms with Crippen LogP contribution in [0.5, 0.6) is 0 Å². The highest BCUT2D eigenvalue weighted by molar-refractivity contribution is 7.91. The maximum absolute atomic E-state index is 12.1. The van der Waals surface area contributed by atoms with Crippen molar-refractivity contribution in [1.29, 1.82) is 0 Å². The van der Waals surface area contributed by atoms with Crippen LogP contribution in [0.2, 0.25) is 0 Å². The van der Waals surface area contributed by atoms with E-state index in [1.54, 1.807) is 0 Å². The predicted molar refractivity (Wildman–Crippen MR) is 56.9 cm³/mol. The zero-order valence-corrected chi connectivity index (χ0v) is 10.3. The van der Waals surface area contributed by atoms with E-state index in [2.05, 4.69) is 0 Å². The smallest absolute Gasteiger partial charge is 0.390 e. The van der Waals surface area contributed by atoms with Gasteiger partial charge >= 0.3 is 12.1 Å². The number of sulfone groups is 1. The Morgan fingerprint density at radius 3 is 2.39 bits per heavy atom. The Bertz CT molecular complexity index is 407. The molecule has 1 heterocycles. The molecular formula is C9H14F3NO4S. The summed E-state index contributed by atoms with van der Waals surface area (Å²) in [5.74, 6) is -1.63. The summed E-state index contributed by atoms with van der Waals surface area (Å²) in [5, 5.41) is 8.63. The molecule has 0 aromatic rings. The van der Waals surface area contributed by atoms with Crippen molar-refractivity contribution in [1.82, 2.24) is 4.90 Å². The largest absolute Gasteiger partial charge is 0.480 e. The number of nitrogens with zero attached hydrogens (tertiary/aromatic N) is 1. The molecule has 0 aliphatic carbocycles. The Morgan fingerprint density at radius 2 is 2.00 bits per heavy atom. The summed E-state index contributed by atoms with van der Waals surface area (Å²) in [6.07, 6.45) is -5.33. The maximum atomic E-state index is 12.1. The van der Waals surface area contributed by atoms with Crippen molar-refractivity contribution in [2.24, 2.45) is 0 Å². The molecule has 1 unspecified atom stereocenters. The number of carbonyl (C=O) groups is 1. The van der Waals surface area contributed by atoms with E-state index in [1.165, 1.54) is 0 Å². The molecule has 1 N–H and O–H groups in total. The molecule has 0 amide bonds. The third-order valence-electron chi connectivity index (χ3n) is 2.75. The minimum atomic E-state index is -4.38. The molecule has 1 atom stereocenters. The summed E-state index contributed by atoms with van der Waals surface area (Å²) >= 11 is 0. The second kappa shape index (κ2) is 5.43. The normalized spacial score (nSPS) is 23.4. The van der Waals surface area contributed by atoms with Gasteiger partial charge in [-0.25, -0.2) is 8.42 Å². The van der Waals surface area contributed by atoms with E-state index in [4.69, 9.17) is 5.11 Å². The third-order valence-corrected chi connectivity index (χ3v) is 4.50. The van der Waals surface area contributed by atoms with Crippen molar-refractivity contribution < 1.29 is 31.5 Å². The van der Waals surface area contributed by atoms with Crippen LogP contribution >= 0.6 is 0 Å². The fourth-order valence-electron chi connectivity index (χ4n) is 1.90. The average molecular weight is 289 g/mol. The van der Waals surface area contributed by atoms with Gasteiger partial charge in [0.05, 0.1) is 24.5 Å². The van der Waals surface area contributed by atoms with Crippen LogP contribution in [-0.2, 0) is 14.6 Å². The summed E-state index contributed by atoms with van der Waals surface area (Å²) in [7, 11) is -3.25. The van der Waals surface area contributed by atoms with Crippen LogP contribution in [0.1, 0.15) is 12.8 Å². The number of aliphatic carboxylic acids is 1. The number of hydrogen-bond acceptors (Lipinski definition) is 4. The Hall–Kier alpha value is -0.830. The van der Waals surface area contributed by atoms with Crippen molar-refractivity contribution >= 4 is 15.8 Å². The van der Waals surface area contributed by atoms with Crippen molar-refractivity contribution in [3.05, 3.63) is 0 Å². The van der Waals surface area contributed by atoms with E-state index >= 15 is 0 Å². The molecule has 5 nitrogen and oxygen atoms in total. The molecule has 1 aliphatic heterocycles. The lowest BCUT2D eigenvalue weighted by Crippen LogP contribution is -2.41. The van der Waals surface area contributed by atoms with E-state index in [9.17, 15) is 26.4 Å². The van der Waals surface area contributed by atoms with Crippen molar-refractivity contribution in [3.8, 4) is 0 Å². The van der Waals surface area contributed by atoms with Crippen LogP contribution in [0.15, 0.2) is 0 Å². The number of carboxylic acids is 1. The van der Waals surface area contributed by atoms with Crippen LogP contribution in [0.3, 0.4) is 0 Å². The average Bonchev–Trinajstić information content (AvgIpc) is 2.51. The zero-order chi connectivity index (χ0) is 14.0. The molecule has 1 aliphatic rings. The fourth-order valence-corrected chi connectivity index (χ4v) is 3.66. The van der Waals surface area contributed by atoms with Crippen LogP contribution in [-0.4, -0.2) is 61.2 Å². The molecule has 1 rings (SSSR count). The van der Waals surface area contributed by atoms with Gasteiger partial charge in [0, 0.05) is 12.6 Å². The molecule has 106 valence electrons. The first kappa shape index (κ1) is 15.2. The van der Waals surface area contributed by atoms with Gasteiger partial charge in [0.15, 0.2) is 9.84 Å². The predicted octanol–water partition coefficient (Wildman–Crippen LogP) is 0.513. The summed E-state index contributed by atoms with van der Waals surface area (Å²) in [6.45, 7) is -1.06. The van der Waals surface area contributed by atoms with E-state index in [0.717, 1.165) is 4.90 Å². The molecule has 18 heavy (non-hydrogen) atoms. The summed E-state index contributed by atoms with van der Waals surface area (Å²) in [5.41, 5.74) is 0. The molecule has 0 aromatic carbocycles. The van der Waals surface area contributed by atoms with Crippen LogP contribution in [0, 0.1) is 0 Å². The highest BCUT2D eigenvalue weighted by Crippen LogP contribution is 2.23. The van der Waals surface area contributed by atoms with E-state index < -0.39 is 47.5 Å². The highest BCUT2D eigenvalue weighted by Gasteiger charge is 2.35. The first-order chi connectivity index (χ1) is 8.09. The molecular weight excluding hydrogens is 275 g/mol. The van der Waals surface area contributed by atoms with Gasteiger partial charge in [-0.2, -0.15) is 13.2 Å². The topological polar surface area (TPSA) is 74.7 Å². The highest BCUT2D eigenvalue weighted by atomic mass is 32.2. The summed E-state index contributed by atoms with van der Waals surface area (Å²) in [4.78, 5) is 11.7. The second-order valence-electron chi connectivity index (χ2n) is 4.29. The van der Waals surface area contributed by atoms with E-state index in [0.29, 0.717) is 0 Å². The van der Waals surface area contributed by atoms with Crippen molar-refractivity contribution in [3.63, 3.8) is 0 Å². The molecule has 0 aromatic heterocycles. The van der Waals surface area contributed by atoms with Gasteiger partial charge in [-0.05, 0) is 6.42 Å². The molecule has 1 saturated heterocycles. The molecule has 0 radical (unpaired) electrons. The van der Waals surface area contributed by atoms with Crippen LogP contribution in [0.25, 0.3) is 0 Å². The first-order valence-electron chi connectivity index (χ1n) is 5.32. The Labute approximate surface area is 102 Å². The van der Waals surface area contributed by atoms with Gasteiger partial charge in [-0.1, -0.05) is 0 Å². The standard InChI is InChI=1S/C9H14F3NO4S/c10-9(11,12)2-3-13(5-8(14)15)7-1-4-18(16,17)6-7/h7H,1-6H2,(H,14,15). The number of alkyl halides is 3. The number of hydrogen-bond donors (Lipinski definition) is 1. The van der Waals surface area contributed by atoms with E-state index in [1.807, 2.05) is 0 Å². The third kappa shape index (κ3) is 5.21. The van der Waals surface area contributed by atoms with E-state index in [-0.39, 0.29) is 17.9 Å². The van der Waals surface area contributed by atoms with Gasteiger partial charge < -0.3 is 5.11 Å². The van der Waals surface area contributed by atoms with Gasteiger partial charge in [-0.3, -0.25) is 9.69 Å². The second-order valence-corrected chi connectivity index (χ2v) is 6.51. The van der Waals surface area contributed by atoms with Crippen molar-refractivity contribution in [2.75, 3.05) is 24.6 Å². The zero-order valence-electron chi connectivity index (χ0n) is 9.48. The first-order valence-corrected chi connectivity index (χ1v) is 7.14. The maximum Gasteiger partial charge on any atom is 0.390 e. The summed E-state index contributed by atoms with van der Waals surface area (Å²) in [6, 6.07) is -0.631. The number of halogens is 3. The molecule has 0 bridgehead atoms. The Balaban J connectivity index is 2.64. The molecule has 0 spiro atoms. The van der Waals surface area contributed by atoms with Gasteiger partial charge in [-0.15, -0.1) is 0 Å². The number of carboxylic acid groups (broad SMARTS) is 1. The van der Waals surface area contributed by atoms with Gasteiger partial charge in [0.25, 0.3) is 0 Å². The lowest BCUT2D eigenvalue weighted by atomic mass is 10.2. The molecule has 0 saturated carbocycles. The van der Waals surface area contributed by atoms with Crippen molar-refractivity contribution in [2.45, 2.75) is 25.1 Å². The minimum absolute atomic E-state index is 0.0974. The monoisotopic (exact) mass is 289 g/mol. The molecule has 1 fully saturated rings.